The van der Waals surface area contributed by atoms with Gasteiger partial charge in [0.15, 0.2) is 0 Å². The van der Waals surface area contributed by atoms with Crippen molar-refractivity contribution in [3.05, 3.63) is 0 Å². The molecule has 0 aliphatic carbocycles. The molecular formula is C5H12ClNO. The lowest BCUT2D eigenvalue weighted by atomic mass is 10.2. The second-order valence-electron chi connectivity index (χ2n) is 1.74. The molecule has 0 aromatic heterocycles. The van der Waals surface area contributed by atoms with E-state index in [9.17, 15) is 0 Å². The molecule has 0 saturated carbocycles. The molecule has 8 heavy (non-hydrogen) atoms. The second kappa shape index (κ2) is 4.13. The van der Waals surface area contributed by atoms with E-state index in [1.807, 2.05) is 6.92 Å². The predicted octanol–water partition coefficient (Wildman–Crippen LogP) is 0.416. The van der Waals surface area contributed by atoms with Crippen LogP contribution in [0.5, 0.6) is 0 Å². The lowest BCUT2D eigenvalue weighted by Gasteiger charge is -2.26. The number of rotatable bonds is 2. The number of ether oxygens (including phenoxy) is 1. The summed E-state index contributed by atoms with van der Waals surface area (Å²) in [5.41, 5.74) is 0. The highest BCUT2D eigenvalue weighted by Gasteiger charge is 2.14. The van der Waals surface area contributed by atoms with Crippen LogP contribution in [0.2, 0.25) is 0 Å². The van der Waals surface area contributed by atoms with Crippen molar-refractivity contribution in [1.82, 2.24) is 5.32 Å². The molecule has 0 unspecified atom stereocenters. The van der Waals surface area contributed by atoms with Crippen molar-refractivity contribution in [3.8, 4) is 0 Å². The average molecular weight is 138 g/mol. The largest absolute Gasteiger partial charge is 0.376 e. The fourth-order valence-electron chi connectivity index (χ4n) is 0.616. The van der Waals surface area contributed by atoms with E-state index in [4.69, 9.17) is 4.74 Å². The quantitative estimate of drug-likeness (QED) is 0.596. The first kappa shape index (κ1) is 8.21. The molecule has 1 aliphatic heterocycles. The summed E-state index contributed by atoms with van der Waals surface area (Å²) in [6.45, 7) is 4.98. The molecular weight excluding hydrogens is 126 g/mol. The summed E-state index contributed by atoms with van der Waals surface area (Å²) in [4.78, 5) is 0. The van der Waals surface area contributed by atoms with E-state index >= 15 is 0 Å². The molecule has 1 N–H and O–H groups in total. The van der Waals surface area contributed by atoms with Crippen molar-refractivity contribution < 1.29 is 4.74 Å². The van der Waals surface area contributed by atoms with Gasteiger partial charge in [-0.05, 0) is 6.92 Å². The molecule has 1 heterocycles. The third-order valence-electron chi connectivity index (χ3n) is 1.15. The Hall–Kier alpha value is 0.210. The molecule has 0 atom stereocenters. The Labute approximate surface area is 56.0 Å². The minimum absolute atomic E-state index is 0. The van der Waals surface area contributed by atoms with Crippen molar-refractivity contribution in [3.63, 3.8) is 0 Å². The van der Waals surface area contributed by atoms with Crippen LogP contribution in [0.25, 0.3) is 0 Å². The highest BCUT2D eigenvalue weighted by Crippen LogP contribution is 1.95. The molecule has 2 nitrogen and oxygen atoms in total. The van der Waals surface area contributed by atoms with Crippen molar-refractivity contribution in [2.24, 2.45) is 0 Å². The first-order valence-electron chi connectivity index (χ1n) is 2.76. The summed E-state index contributed by atoms with van der Waals surface area (Å²) in [5.74, 6) is 0. The second-order valence-corrected chi connectivity index (χ2v) is 1.74. The molecule has 0 amide bonds. The van der Waals surface area contributed by atoms with Gasteiger partial charge in [0.25, 0.3) is 0 Å². The van der Waals surface area contributed by atoms with Crippen LogP contribution < -0.4 is 5.32 Å². The van der Waals surface area contributed by atoms with Crippen LogP contribution in [0.4, 0.5) is 0 Å². The van der Waals surface area contributed by atoms with Gasteiger partial charge in [0.1, 0.15) is 0 Å². The van der Waals surface area contributed by atoms with E-state index < -0.39 is 0 Å². The van der Waals surface area contributed by atoms with Crippen molar-refractivity contribution in [2.45, 2.75) is 13.0 Å². The van der Waals surface area contributed by atoms with E-state index in [1.54, 1.807) is 0 Å². The van der Waals surface area contributed by atoms with Crippen LogP contribution in [0.15, 0.2) is 0 Å². The summed E-state index contributed by atoms with van der Waals surface area (Å²) in [7, 11) is 0. The number of nitrogens with one attached hydrogen (secondary N) is 1. The van der Waals surface area contributed by atoms with Crippen LogP contribution in [-0.2, 0) is 4.74 Å². The van der Waals surface area contributed by atoms with E-state index in [0.717, 1.165) is 19.7 Å². The normalized spacial score (nSPS) is 19.1. The Bertz CT molecular complexity index is 56.4. The van der Waals surface area contributed by atoms with Crippen LogP contribution >= 0.6 is 12.4 Å². The molecule has 0 aromatic carbocycles. The summed E-state index contributed by atoms with van der Waals surface area (Å²) >= 11 is 0. The Balaban J connectivity index is 0.000000490. The van der Waals surface area contributed by atoms with Gasteiger partial charge in [-0.2, -0.15) is 0 Å². The van der Waals surface area contributed by atoms with Crippen LogP contribution in [0.3, 0.4) is 0 Å². The Kier molecular flexibility index (Phi) is 4.23. The van der Waals surface area contributed by atoms with E-state index in [-0.39, 0.29) is 12.4 Å². The minimum Gasteiger partial charge on any atom is -0.376 e. The van der Waals surface area contributed by atoms with Gasteiger partial charge in [0, 0.05) is 19.7 Å². The summed E-state index contributed by atoms with van der Waals surface area (Å²) < 4.78 is 5.22. The zero-order chi connectivity index (χ0) is 5.11. The monoisotopic (exact) mass is 137 g/mol. The SMILES string of the molecule is CCOC1CNC1.Cl. The van der Waals surface area contributed by atoms with Gasteiger partial charge >= 0.3 is 0 Å². The third kappa shape index (κ3) is 1.99. The number of hydrogen-bond acceptors (Lipinski definition) is 2. The molecule has 3 heteroatoms. The van der Waals surface area contributed by atoms with Crippen LogP contribution in [0.1, 0.15) is 6.92 Å². The first-order valence-corrected chi connectivity index (χ1v) is 2.76. The van der Waals surface area contributed by atoms with Crippen molar-refractivity contribution in [2.75, 3.05) is 19.7 Å². The first-order chi connectivity index (χ1) is 3.43. The van der Waals surface area contributed by atoms with Crippen LogP contribution in [-0.4, -0.2) is 25.8 Å². The van der Waals surface area contributed by atoms with E-state index in [0.29, 0.717) is 6.10 Å². The van der Waals surface area contributed by atoms with Gasteiger partial charge in [0.05, 0.1) is 6.10 Å². The molecule has 0 aromatic rings. The maximum Gasteiger partial charge on any atom is 0.0823 e. The molecule has 0 spiro atoms. The highest BCUT2D eigenvalue weighted by atomic mass is 35.5. The molecule has 0 bridgehead atoms. The number of halogens is 1. The topological polar surface area (TPSA) is 21.3 Å². The summed E-state index contributed by atoms with van der Waals surface area (Å²) in [5, 5.41) is 3.12. The fourth-order valence-corrected chi connectivity index (χ4v) is 0.616. The van der Waals surface area contributed by atoms with Gasteiger partial charge in [-0.1, -0.05) is 0 Å². The molecule has 1 saturated heterocycles. The van der Waals surface area contributed by atoms with Gasteiger partial charge in [-0.15, -0.1) is 12.4 Å². The lowest BCUT2D eigenvalue weighted by molar-refractivity contribution is 0.0270. The summed E-state index contributed by atoms with van der Waals surface area (Å²) in [6, 6.07) is 0. The minimum atomic E-state index is 0. The Morgan fingerprint density at radius 1 is 1.62 bits per heavy atom. The average Bonchev–Trinajstić information content (AvgIpc) is 1.55. The standard InChI is InChI=1S/C5H11NO.ClH/c1-2-7-5-3-6-4-5;/h5-6H,2-4H2,1H3;1H. The predicted molar refractivity (Wildman–Crippen MR) is 35.5 cm³/mol. The molecule has 1 rings (SSSR count). The van der Waals surface area contributed by atoms with Gasteiger partial charge in [-0.3, -0.25) is 0 Å². The zero-order valence-corrected chi connectivity index (χ0v) is 5.83. The molecule has 50 valence electrons. The van der Waals surface area contributed by atoms with Crippen LogP contribution in [0, 0.1) is 0 Å². The zero-order valence-electron chi connectivity index (χ0n) is 5.02. The number of hydrogen-bond donors (Lipinski definition) is 1. The Morgan fingerprint density at radius 3 is 2.38 bits per heavy atom. The Morgan fingerprint density at radius 2 is 2.25 bits per heavy atom. The maximum atomic E-state index is 5.22. The van der Waals surface area contributed by atoms with Crippen molar-refractivity contribution >= 4 is 12.4 Å². The third-order valence-corrected chi connectivity index (χ3v) is 1.15. The smallest absolute Gasteiger partial charge is 0.0823 e. The molecule has 0 radical (unpaired) electrons. The lowest BCUT2D eigenvalue weighted by Crippen LogP contribution is -2.48. The molecule has 1 fully saturated rings. The van der Waals surface area contributed by atoms with E-state index in [1.165, 1.54) is 0 Å². The summed E-state index contributed by atoms with van der Waals surface area (Å²) in [6.07, 6.45) is 0.519. The fraction of sp³-hybridized carbons (Fsp3) is 1.00. The maximum absolute atomic E-state index is 5.22. The highest BCUT2D eigenvalue weighted by molar-refractivity contribution is 5.85. The van der Waals surface area contributed by atoms with E-state index in [2.05, 4.69) is 5.32 Å². The van der Waals surface area contributed by atoms with Gasteiger partial charge < -0.3 is 10.1 Å². The van der Waals surface area contributed by atoms with Gasteiger partial charge in [-0.25, -0.2) is 0 Å². The molecule has 1 aliphatic rings. The van der Waals surface area contributed by atoms with Gasteiger partial charge in [0.2, 0.25) is 0 Å². The van der Waals surface area contributed by atoms with Crippen molar-refractivity contribution in [1.29, 1.82) is 0 Å².